The molecule has 1 atom stereocenters. The summed E-state index contributed by atoms with van der Waals surface area (Å²) in [7, 11) is 0. The lowest BCUT2D eigenvalue weighted by Crippen LogP contribution is -2.55. The molecule has 0 aromatic carbocycles. The number of nitrogens with zero attached hydrogens (tertiary/aromatic N) is 1. The zero-order valence-electron chi connectivity index (χ0n) is 16.4. The van der Waals surface area contributed by atoms with E-state index in [1.807, 2.05) is 0 Å². The summed E-state index contributed by atoms with van der Waals surface area (Å²) in [4.78, 5) is 41.0. The van der Waals surface area contributed by atoms with Crippen LogP contribution < -0.4 is 10.6 Å². The number of likely N-dealkylation sites (tertiary alicyclic amines) is 1. The maximum Gasteiger partial charge on any atom is 0.254 e. The fraction of sp³-hybridized carbons (Fsp3) is 0.667. The average molecular weight is 418 g/mol. The van der Waals surface area contributed by atoms with Crippen LogP contribution in [0, 0.1) is 17.8 Å². The molecule has 3 amide bonds. The topological polar surface area (TPSA) is 98.7 Å². The van der Waals surface area contributed by atoms with Gasteiger partial charge in [0.05, 0.1) is 11.7 Å². The van der Waals surface area contributed by atoms with Crippen LogP contribution in [0.5, 0.6) is 0 Å². The second-order valence-corrected chi connectivity index (χ2v) is 10.1. The minimum atomic E-state index is -0.410. The number of hydrogen-bond acceptors (Lipinski definition) is 5. The summed E-state index contributed by atoms with van der Waals surface area (Å²) in [5.41, 5.74) is 1.50. The molecule has 0 radical (unpaired) electrons. The zero-order chi connectivity index (χ0) is 20.1. The van der Waals surface area contributed by atoms with Crippen molar-refractivity contribution in [3.05, 3.63) is 16.0 Å². The number of fused-ring (bicyclic) bond motifs is 1. The number of carbonyl (C=O) groups excluding carboxylic acids is 3. The van der Waals surface area contributed by atoms with Gasteiger partial charge in [-0.3, -0.25) is 14.4 Å². The van der Waals surface area contributed by atoms with Crippen molar-refractivity contribution in [2.24, 2.45) is 17.8 Å². The van der Waals surface area contributed by atoms with Crippen LogP contribution in [0.4, 0.5) is 5.00 Å². The molecule has 7 nitrogen and oxygen atoms in total. The van der Waals surface area contributed by atoms with E-state index in [0.29, 0.717) is 42.5 Å². The highest BCUT2D eigenvalue weighted by atomic mass is 32.1. The van der Waals surface area contributed by atoms with E-state index in [9.17, 15) is 19.5 Å². The lowest BCUT2D eigenvalue weighted by atomic mass is 9.84. The molecule has 2 saturated carbocycles. The highest BCUT2D eigenvalue weighted by molar-refractivity contribution is 7.17. The van der Waals surface area contributed by atoms with Gasteiger partial charge < -0.3 is 20.6 Å². The number of hydrogen-bond donors (Lipinski definition) is 3. The van der Waals surface area contributed by atoms with E-state index in [4.69, 9.17) is 0 Å². The van der Waals surface area contributed by atoms with Gasteiger partial charge in [-0.1, -0.05) is 0 Å². The number of nitrogens with one attached hydrogen (secondary N) is 2. The van der Waals surface area contributed by atoms with Crippen molar-refractivity contribution in [3.63, 3.8) is 0 Å². The van der Waals surface area contributed by atoms with Crippen molar-refractivity contribution in [1.29, 1.82) is 0 Å². The standard InChI is InChI=1S/C21H27N3O4S/c25-14-9-24(10-14)21(28)13-5-6-16-15(7-13)17(19(27)22-8-11-1-2-11)20(29-16)23-18(26)12-3-4-12/h11-14,25H,1-10H2,(H,22,27)(H,23,26). The summed E-state index contributed by atoms with van der Waals surface area (Å²) < 4.78 is 0. The number of anilines is 1. The van der Waals surface area contributed by atoms with E-state index in [0.717, 1.165) is 49.0 Å². The lowest BCUT2D eigenvalue weighted by Gasteiger charge is -2.39. The number of thiophene rings is 1. The number of aliphatic hydroxyl groups excluding tert-OH is 1. The second kappa shape index (κ2) is 7.40. The van der Waals surface area contributed by atoms with Crippen molar-refractivity contribution in [1.82, 2.24) is 10.2 Å². The van der Waals surface area contributed by atoms with Crippen LogP contribution in [0.2, 0.25) is 0 Å². The Kier molecular flexibility index (Phi) is 4.86. The van der Waals surface area contributed by atoms with Crippen molar-refractivity contribution in [2.75, 3.05) is 25.0 Å². The molecule has 1 aromatic heterocycles. The molecule has 2 heterocycles. The largest absolute Gasteiger partial charge is 0.389 e. The molecule has 8 heteroatoms. The summed E-state index contributed by atoms with van der Waals surface area (Å²) in [6.45, 7) is 1.49. The molecule has 3 N–H and O–H groups in total. The number of aryl methyl sites for hydroxylation is 1. The van der Waals surface area contributed by atoms with E-state index in [1.54, 1.807) is 4.90 Å². The van der Waals surface area contributed by atoms with E-state index in [2.05, 4.69) is 10.6 Å². The van der Waals surface area contributed by atoms with Crippen LogP contribution in [0.1, 0.15) is 52.9 Å². The van der Waals surface area contributed by atoms with Gasteiger partial charge >= 0.3 is 0 Å². The van der Waals surface area contributed by atoms with Gasteiger partial charge in [0.1, 0.15) is 5.00 Å². The Labute approximate surface area is 173 Å². The first-order chi connectivity index (χ1) is 14.0. The molecule has 1 aromatic rings. The molecule has 3 fully saturated rings. The molecular weight excluding hydrogens is 390 g/mol. The maximum absolute atomic E-state index is 13.0. The number of rotatable bonds is 6. The van der Waals surface area contributed by atoms with Gasteiger partial charge in [-0.15, -0.1) is 11.3 Å². The van der Waals surface area contributed by atoms with E-state index in [1.165, 1.54) is 11.3 Å². The molecule has 5 rings (SSSR count). The van der Waals surface area contributed by atoms with Crippen LogP contribution in [0.25, 0.3) is 0 Å². The van der Waals surface area contributed by atoms with Crippen molar-refractivity contribution in [2.45, 2.75) is 51.0 Å². The third-order valence-corrected chi connectivity index (χ3v) is 7.65. The molecule has 29 heavy (non-hydrogen) atoms. The Morgan fingerprint density at radius 2 is 1.83 bits per heavy atom. The Bertz CT molecular complexity index is 852. The van der Waals surface area contributed by atoms with Crippen LogP contribution in [-0.4, -0.2) is 53.5 Å². The van der Waals surface area contributed by atoms with E-state index >= 15 is 0 Å². The SMILES string of the molecule is O=C(NCC1CC1)c1c(NC(=O)C2CC2)sc2c1CC(C(=O)N1CC(O)C1)CC2. The Balaban J connectivity index is 1.37. The summed E-state index contributed by atoms with van der Waals surface area (Å²) in [6.07, 6.45) is 5.76. The van der Waals surface area contributed by atoms with E-state index < -0.39 is 6.10 Å². The second-order valence-electron chi connectivity index (χ2n) is 8.96. The summed E-state index contributed by atoms with van der Waals surface area (Å²) >= 11 is 1.50. The van der Waals surface area contributed by atoms with Gasteiger partial charge in [0.25, 0.3) is 5.91 Å². The molecular formula is C21H27N3O4S. The lowest BCUT2D eigenvalue weighted by molar-refractivity contribution is -0.146. The van der Waals surface area contributed by atoms with E-state index in [-0.39, 0.29) is 29.6 Å². The van der Waals surface area contributed by atoms with Gasteiger partial charge in [-0.25, -0.2) is 0 Å². The van der Waals surface area contributed by atoms with Gasteiger partial charge in [-0.05, 0) is 56.4 Å². The minimum absolute atomic E-state index is 0.00188. The molecule has 156 valence electrons. The third kappa shape index (κ3) is 3.92. The van der Waals surface area contributed by atoms with Gasteiger partial charge in [-0.2, -0.15) is 0 Å². The Morgan fingerprint density at radius 1 is 1.07 bits per heavy atom. The molecule has 0 bridgehead atoms. The summed E-state index contributed by atoms with van der Waals surface area (Å²) in [5, 5.41) is 16.2. The van der Waals surface area contributed by atoms with Crippen LogP contribution in [0.15, 0.2) is 0 Å². The monoisotopic (exact) mass is 417 g/mol. The van der Waals surface area contributed by atoms with Crippen LogP contribution >= 0.6 is 11.3 Å². The minimum Gasteiger partial charge on any atom is -0.389 e. The highest BCUT2D eigenvalue weighted by Crippen LogP contribution is 2.41. The summed E-state index contributed by atoms with van der Waals surface area (Å²) in [6, 6.07) is 0. The summed E-state index contributed by atoms with van der Waals surface area (Å²) in [5.74, 6) is 0.426. The number of aliphatic hydroxyl groups is 1. The fourth-order valence-corrected chi connectivity index (χ4v) is 5.47. The number of carbonyl (C=O) groups is 3. The molecule has 1 aliphatic heterocycles. The Morgan fingerprint density at radius 3 is 2.48 bits per heavy atom. The molecule has 0 spiro atoms. The normalized spacial score (nSPS) is 23.9. The quantitative estimate of drug-likeness (QED) is 0.654. The van der Waals surface area contributed by atoms with Crippen molar-refractivity contribution < 1.29 is 19.5 Å². The van der Waals surface area contributed by atoms with Gasteiger partial charge in [0, 0.05) is 36.3 Å². The molecule has 3 aliphatic carbocycles. The smallest absolute Gasteiger partial charge is 0.254 e. The maximum atomic E-state index is 13.0. The van der Waals surface area contributed by atoms with Crippen molar-refractivity contribution in [3.8, 4) is 0 Å². The number of amides is 3. The molecule has 1 unspecified atom stereocenters. The zero-order valence-corrected chi connectivity index (χ0v) is 17.2. The molecule has 1 saturated heterocycles. The van der Waals surface area contributed by atoms with Gasteiger partial charge in [0.15, 0.2) is 0 Å². The highest BCUT2D eigenvalue weighted by Gasteiger charge is 2.38. The first kappa shape index (κ1) is 19.1. The third-order valence-electron chi connectivity index (χ3n) is 6.44. The first-order valence-corrected chi connectivity index (χ1v) is 11.5. The first-order valence-electron chi connectivity index (χ1n) is 10.7. The Hall–Kier alpha value is -1.93. The van der Waals surface area contributed by atoms with Gasteiger partial charge in [0.2, 0.25) is 11.8 Å². The van der Waals surface area contributed by atoms with Crippen LogP contribution in [0.3, 0.4) is 0 Å². The fourth-order valence-electron chi connectivity index (χ4n) is 4.22. The predicted octanol–water partition coefficient (Wildman–Crippen LogP) is 1.54. The molecule has 4 aliphatic rings. The van der Waals surface area contributed by atoms with Crippen molar-refractivity contribution >= 4 is 34.1 Å². The van der Waals surface area contributed by atoms with Crippen LogP contribution in [-0.2, 0) is 22.4 Å². The number of β-amino-alcohol motifs (C(OH)–C–C–N with tert-alkyl or cyclic N) is 1. The average Bonchev–Trinajstić information content (AvgIpc) is 3.58. The predicted molar refractivity (Wildman–Crippen MR) is 109 cm³/mol.